The molecule has 2 amide bonds. The summed E-state index contributed by atoms with van der Waals surface area (Å²) in [6.07, 6.45) is -1.58. The van der Waals surface area contributed by atoms with Crippen molar-refractivity contribution in [2.75, 3.05) is 6.61 Å². The number of carbonyl (C=O) groups is 3. The summed E-state index contributed by atoms with van der Waals surface area (Å²) in [5.41, 5.74) is 1.71. The van der Waals surface area contributed by atoms with Crippen LogP contribution in [0.2, 0.25) is 0 Å². The number of aliphatic hydroxyl groups excluding tert-OH is 1. The number of hydrogen-bond acceptors (Lipinski definition) is 7. The molecule has 0 aliphatic carbocycles. The molecule has 3 atom stereocenters. The first-order valence-corrected chi connectivity index (χ1v) is 5.96. The van der Waals surface area contributed by atoms with Gasteiger partial charge in [-0.2, -0.15) is 0 Å². The SMILES string of the molecule is C[C@@H](O)[C@H]1C(=O)N2C(C(=O)[O-])=C(COC(=O)NN)C[C@H]12.[Na+]. The quantitative estimate of drug-likeness (QED) is 0.154. The third-order valence-electron chi connectivity index (χ3n) is 3.51. The van der Waals surface area contributed by atoms with Gasteiger partial charge in [0.15, 0.2) is 0 Å². The summed E-state index contributed by atoms with van der Waals surface area (Å²) in [5.74, 6) is 2.20. The largest absolute Gasteiger partial charge is 1.00 e. The molecule has 0 saturated carbocycles. The molecule has 0 aromatic rings. The minimum Gasteiger partial charge on any atom is -0.543 e. The summed E-state index contributed by atoms with van der Waals surface area (Å²) in [6, 6.07) is -0.435. The Kier molecular flexibility index (Phi) is 5.76. The van der Waals surface area contributed by atoms with E-state index in [-0.39, 0.29) is 53.9 Å². The van der Waals surface area contributed by atoms with E-state index in [9.17, 15) is 24.6 Å². The molecule has 2 aliphatic rings. The van der Waals surface area contributed by atoms with Crippen molar-refractivity contribution in [3.63, 3.8) is 0 Å². The summed E-state index contributed by atoms with van der Waals surface area (Å²) in [6.45, 7) is 1.16. The van der Waals surface area contributed by atoms with Gasteiger partial charge in [0.1, 0.15) is 6.61 Å². The fourth-order valence-electron chi connectivity index (χ4n) is 2.67. The standard InChI is InChI=1S/C11H15N3O6.Na/c1-4(15)7-6-2-5(3-20-11(19)13-12)8(10(17)18)14(6)9(7)16;/h4,6-7,15H,2-3,12H2,1H3,(H,13,19)(H,17,18);/q;+1/p-1/t4-,6-,7-;/m1./s1. The van der Waals surface area contributed by atoms with Gasteiger partial charge in [0.25, 0.3) is 0 Å². The van der Waals surface area contributed by atoms with Crippen molar-refractivity contribution in [2.24, 2.45) is 11.8 Å². The predicted molar refractivity (Wildman–Crippen MR) is 61.1 cm³/mol. The number of hydrogen-bond donors (Lipinski definition) is 3. The molecular formula is C11H14N3NaO6. The van der Waals surface area contributed by atoms with Crippen LogP contribution < -0.4 is 45.9 Å². The Hall–Kier alpha value is -1.13. The van der Waals surface area contributed by atoms with Crippen molar-refractivity contribution in [2.45, 2.75) is 25.5 Å². The predicted octanol–water partition coefficient (Wildman–Crippen LogP) is -5.79. The number of aliphatic hydroxyl groups is 1. The first kappa shape index (κ1) is 17.9. The second-order valence-electron chi connectivity index (χ2n) is 4.71. The zero-order valence-corrected chi connectivity index (χ0v) is 13.7. The van der Waals surface area contributed by atoms with Gasteiger partial charge in [-0.1, -0.05) is 0 Å². The van der Waals surface area contributed by atoms with E-state index in [0.29, 0.717) is 0 Å². The molecule has 0 aromatic heterocycles. The van der Waals surface area contributed by atoms with Gasteiger partial charge in [-0.25, -0.2) is 10.6 Å². The van der Waals surface area contributed by atoms with Gasteiger partial charge >= 0.3 is 35.7 Å². The maximum Gasteiger partial charge on any atom is 1.00 e. The smallest absolute Gasteiger partial charge is 0.543 e. The number of aliphatic carboxylic acids is 1. The number of carboxylic acids is 1. The second kappa shape index (κ2) is 6.75. The van der Waals surface area contributed by atoms with Crippen molar-refractivity contribution in [3.8, 4) is 0 Å². The van der Waals surface area contributed by atoms with Crippen LogP contribution in [0, 0.1) is 5.92 Å². The molecule has 110 valence electrons. The molecule has 0 radical (unpaired) electrons. The van der Waals surface area contributed by atoms with Crippen LogP contribution in [0.15, 0.2) is 11.3 Å². The molecule has 0 unspecified atom stereocenters. The molecule has 2 aliphatic heterocycles. The first-order valence-electron chi connectivity index (χ1n) is 5.96. The van der Waals surface area contributed by atoms with E-state index in [1.807, 2.05) is 0 Å². The van der Waals surface area contributed by atoms with E-state index < -0.39 is 36.0 Å². The molecule has 1 fully saturated rings. The van der Waals surface area contributed by atoms with Crippen molar-refractivity contribution in [3.05, 3.63) is 11.3 Å². The van der Waals surface area contributed by atoms with Crippen molar-refractivity contribution in [1.82, 2.24) is 10.3 Å². The van der Waals surface area contributed by atoms with Gasteiger partial charge in [0.2, 0.25) is 5.91 Å². The van der Waals surface area contributed by atoms with E-state index in [0.717, 1.165) is 4.90 Å². The normalized spacial score (nSPS) is 24.7. The van der Waals surface area contributed by atoms with E-state index in [1.165, 1.54) is 6.92 Å². The van der Waals surface area contributed by atoms with Crippen LogP contribution in [0.25, 0.3) is 0 Å². The summed E-state index contributed by atoms with van der Waals surface area (Å²) in [7, 11) is 0. The van der Waals surface area contributed by atoms with Crippen LogP contribution >= 0.6 is 0 Å². The molecule has 2 heterocycles. The maximum absolute atomic E-state index is 11.8. The number of β-lactam (4-membered cyclic amide) rings is 1. The number of carbonyl (C=O) groups excluding carboxylic acids is 3. The van der Waals surface area contributed by atoms with E-state index in [4.69, 9.17) is 5.84 Å². The first-order chi connectivity index (χ1) is 9.38. The number of carboxylic acid groups (broad SMARTS) is 1. The monoisotopic (exact) mass is 307 g/mol. The number of fused-ring (bicyclic) bond motifs is 1. The Bertz CT molecular complexity index is 506. The van der Waals surface area contributed by atoms with Crippen LogP contribution in [0.5, 0.6) is 0 Å². The topological polar surface area (TPSA) is 145 Å². The van der Waals surface area contributed by atoms with Crippen LogP contribution in [0.4, 0.5) is 4.79 Å². The molecule has 21 heavy (non-hydrogen) atoms. The zero-order chi connectivity index (χ0) is 15.0. The Balaban J connectivity index is 0.00000220. The fraction of sp³-hybridized carbons (Fsp3) is 0.545. The Morgan fingerprint density at radius 3 is 2.71 bits per heavy atom. The minimum absolute atomic E-state index is 0. The van der Waals surface area contributed by atoms with Gasteiger partial charge < -0.3 is 24.6 Å². The van der Waals surface area contributed by atoms with Crippen molar-refractivity contribution >= 4 is 18.0 Å². The average molecular weight is 307 g/mol. The number of nitrogens with one attached hydrogen (secondary N) is 1. The third-order valence-corrected chi connectivity index (χ3v) is 3.51. The van der Waals surface area contributed by atoms with Gasteiger partial charge in [-0.15, -0.1) is 0 Å². The van der Waals surface area contributed by atoms with Gasteiger partial charge in [0, 0.05) is 0 Å². The van der Waals surface area contributed by atoms with Gasteiger partial charge in [-0.05, 0) is 18.9 Å². The molecule has 0 aromatic carbocycles. The van der Waals surface area contributed by atoms with Crippen LogP contribution in [-0.2, 0) is 14.3 Å². The Morgan fingerprint density at radius 2 is 2.24 bits per heavy atom. The zero-order valence-electron chi connectivity index (χ0n) is 11.7. The third kappa shape index (κ3) is 3.06. The van der Waals surface area contributed by atoms with E-state index in [1.54, 1.807) is 5.43 Å². The van der Waals surface area contributed by atoms with Crippen LogP contribution in [0.3, 0.4) is 0 Å². The molecular weight excluding hydrogens is 293 g/mol. The number of rotatable bonds is 4. The molecule has 0 bridgehead atoms. The number of ether oxygens (including phenoxy) is 1. The van der Waals surface area contributed by atoms with Crippen molar-refractivity contribution < 1.29 is 58.9 Å². The maximum atomic E-state index is 11.8. The average Bonchev–Trinajstić information content (AvgIpc) is 2.69. The second-order valence-corrected chi connectivity index (χ2v) is 4.71. The Morgan fingerprint density at radius 1 is 1.62 bits per heavy atom. The number of nitrogens with zero attached hydrogens (tertiary/aromatic N) is 1. The van der Waals surface area contributed by atoms with E-state index >= 15 is 0 Å². The number of nitrogens with two attached hydrogens (primary N) is 1. The number of hydrazine groups is 1. The van der Waals surface area contributed by atoms with E-state index in [2.05, 4.69) is 4.74 Å². The summed E-state index contributed by atoms with van der Waals surface area (Å²) in [4.78, 5) is 34.9. The summed E-state index contributed by atoms with van der Waals surface area (Å²) in [5, 5.41) is 20.6. The summed E-state index contributed by atoms with van der Waals surface area (Å²) >= 11 is 0. The molecule has 1 saturated heterocycles. The molecule has 0 spiro atoms. The number of amides is 2. The molecule has 10 heteroatoms. The molecule has 2 rings (SSSR count). The van der Waals surface area contributed by atoms with Crippen LogP contribution in [0.1, 0.15) is 13.3 Å². The van der Waals surface area contributed by atoms with Crippen LogP contribution in [-0.4, -0.2) is 46.7 Å². The Labute approximate surface area is 142 Å². The minimum atomic E-state index is -1.52. The molecule has 4 N–H and O–H groups in total. The van der Waals surface area contributed by atoms with Gasteiger partial charge in [-0.3, -0.25) is 10.2 Å². The molecule has 9 nitrogen and oxygen atoms in total. The fourth-order valence-corrected chi connectivity index (χ4v) is 2.67. The van der Waals surface area contributed by atoms with Crippen molar-refractivity contribution in [1.29, 1.82) is 0 Å². The summed E-state index contributed by atoms with van der Waals surface area (Å²) < 4.78 is 4.69. The van der Waals surface area contributed by atoms with Gasteiger partial charge in [0.05, 0.1) is 29.7 Å².